The molecule has 0 radical (unpaired) electrons. The molecule has 1 amide bonds. The fourth-order valence-corrected chi connectivity index (χ4v) is 5.26. The molecule has 4 rings (SSSR count). The Bertz CT molecular complexity index is 775. The number of hydrogen-bond donors (Lipinski definition) is 0. The van der Waals surface area contributed by atoms with Gasteiger partial charge in [-0.15, -0.1) is 0 Å². The lowest BCUT2D eigenvalue weighted by molar-refractivity contribution is -0.140. The molecular formula is C22H23NO2. The van der Waals surface area contributed by atoms with Crippen LogP contribution < -0.4 is 0 Å². The van der Waals surface area contributed by atoms with Gasteiger partial charge in [-0.3, -0.25) is 9.59 Å². The summed E-state index contributed by atoms with van der Waals surface area (Å²) in [5, 5.41) is 0. The van der Waals surface area contributed by atoms with E-state index < -0.39 is 10.8 Å². The topological polar surface area (TPSA) is 37.4 Å². The lowest BCUT2D eigenvalue weighted by Crippen LogP contribution is -2.43. The van der Waals surface area contributed by atoms with Crippen molar-refractivity contribution in [1.29, 1.82) is 0 Å². The van der Waals surface area contributed by atoms with E-state index in [0.717, 1.165) is 24.1 Å². The van der Waals surface area contributed by atoms with E-state index in [0.29, 0.717) is 6.54 Å². The number of carbonyl (C=O) groups is 2. The highest BCUT2D eigenvalue weighted by Gasteiger charge is 2.87. The molecule has 2 fully saturated rings. The molecular weight excluding hydrogens is 310 g/mol. The first-order valence-electron chi connectivity index (χ1n) is 9.03. The Morgan fingerprint density at radius 3 is 1.96 bits per heavy atom. The zero-order valence-corrected chi connectivity index (χ0v) is 14.7. The summed E-state index contributed by atoms with van der Waals surface area (Å²) in [6.45, 7) is 5.05. The third-order valence-electron chi connectivity index (χ3n) is 6.12. The molecule has 1 aliphatic carbocycles. The molecule has 2 atom stereocenters. The lowest BCUT2D eigenvalue weighted by Gasteiger charge is -2.30. The number of piperidine rings is 1. The van der Waals surface area contributed by atoms with E-state index in [1.807, 2.05) is 41.3 Å². The van der Waals surface area contributed by atoms with Crippen molar-refractivity contribution in [2.45, 2.75) is 25.7 Å². The van der Waals surface area contributed by atoms with Gasteiger partial charge >= 0.3 is 0 Å². The summed E-state index contributed by atoms with van der Waals surface area (Å²) in [6.07, 6.45) is 0.913. The molecule has 2 unspecified atom stereocenters. The normalized spacial score (nSPS) is 26.4. The number of benzene rings is 2. The molecule has 2 aromatic rings. The number of Topliss-reactive ketones (excluding diaryl/α,β-unsaturated/α-hetero) is 1. The monoisotopic (exact) mass is 333 g/mol. The number of amides is 1. The van der Waals surface area contributed by atoms with Crippen molar-refractivity contribution in [1.82, 2.24) is 4.90 Å². The van der Waals surface area contributed by atoms with Gasteiger partial charge in [0.05, 0.1) is 0 Å². The molecule has 0 aromatic heterocycles. The van der Waals surface area contributed by atoms with Crippen molar-refractivity contribution in [2.24, 2.45) is 11.3 Å². The average Bonchev–Trinajstić information content (AvgIpc) is 3.16. The average molecular weight is 333 g/mol. The SMILES string of the molecule is CCCN1CC2C(C(C)=O)(C1=O)C2(c1ccccc1)c1ccccc1. The van der Waals surface area contributed by atoms with Crippen molar-refractivity contribution in [3.63, 3.8) is 0 Å². The second-order valence-electron chi connectivity index (χ2n) is 7.21. The molecule has 2 aliphatic rings. The number of carbonyl (C=O) groups excluding carboxylic acids is 2. The van der Waals surface area contributed by atoms with Crippen molar-refractivity contribution in [3.8, 4) is 0 Å². The van der Waals surface area contributed by atoms with E-state index in [1.165, 1.54) is 0 Å². The smallest absolute Gasteiger partial charge is 0.237 e. The Morgan fingerprint density at radius 2 is 1.56 bits per heavy atom. The van der Waals surface area contributed by atoms with Crippen molar-refractivity contribution in [2.75, 3.05) is 13.1 Å². The number of hydrogen-bond acceptors (Lipinski definition) is 2. The van der Waals surface area contributed by atoms with Crippen LogP contribution in [0.15, 0.2) is 60.7 Å². The summed E-state index contributed by atoms with van der Waals surface area (Å²) < 4.78 is 0. The van der Waals surface area contributed by atoms with Crippen LogP contribution in [0.3, 0.4) is 0 Å². The van der Waals surface area contributed by atoms with Gasteiger partial charge in [0.1, 0.15) is 11.2 Å². The lowest BCUT2D eigenvalue weighted by atomic mass is 9.77. The summed E-state index contributed by atoms with van der Waals surface area (Å²) in [5.41, 5.74) is 0.685. The highest BCUT2D eigenvalue weighted by Crippen LogP contribution is 2.76. The van der Waals surface area contributed by atoms with Crippen LogP contribution in [-0.4, -0.2) is 29.7 Å². The molecule has 0 N–H and O–H groups in total. The fraction of sp³-hybridized carbons (Fsp3) is 0.364. The molecule has 1 saturated carbocycles. The Kier molecular flexibility index (Phi) is 3.57. The van der Waals surface area contributed by atoms with E-state index in [9.17, 15) is 9.59 Å². The molecule has 0 spiro atoms. The zero-order chi connectivity index (χ0) is 17.7. The predicted octanol–water partition coefficient (Wildman–Crippen LogP) is 3.43. The molecule has 3 heteroatoms. The van der Waals surface area contributed by atoms with Gasteiger partial charge in [0.25, 0.3) is 0 Å². The highest BCUT2D eigenvalue weighted by molar-refractivity contribution is 6.14. The first-order valence-corrected chi connectivity index (χ1v) is 9.03. The maximum Gasteiger partial charge on any atom is 0.237 e. The fourth-order valence-electron chi connectivity index (χ4n) is 5.26. The summed E-state index contributed by atoms with van der Waals surface area (Å²) in [6, 6.07) is 20.2. The van der Waals surface area contributed by atoms with Gasteiger partial charge in [0, 0.05) is 24.4 Å². The molecule has 128 valence electrons. The minimum atomic E-state index is -0.940. The van der Waals surface area contributed by atoms with Crippen LogP contribution in [0.1, 0.15) is 31.4 Å². The maximum atomic E-state index is 13.4. The van der Waals surface area contributed by atoms with Crippen LogP contribution in [-0.2, 0) is 15.0 Å². The van der Waals surface area contributed by atoms with Gasteiger partial charge in [-0.2, -0.15) is 0 Å². The standard InChI is InChI=1S/C22H23NO2/c1-3-14-23-15-19-21(16(2)24,20(23)25)22(19,17-10-6-4-7-11-17)18-12-8-5-9-13-18/h4-13,19H,3,14-15H2,1-2H3. The summed E-state index contributed by atoms with van der Waals surface area (Å²) >= 11 is 0. The minimum absolute atomic E-state index is 0.00573. The van der Waals surface area contributed by atoms with E-state index in [2.05, 4.69) is 31.2 Å². The summed E-state index contributed by atoms with van der Waals surface area (Å²) in [5.74, 6) is 0.0229. The Morgan fingerprint density at radius 1 is 1.04 bits per heavy atom. The third-order valence-corrected chi connectivity index (χ3v) is 6.12. The van der Waals surface area contributed by atoms with Crippen molar-refractivity contribution < 1.29 is 9.59 Å². The first-order chi connectivity index (χ1) is 12.1. The predicted molar refractivity (Wildman–Crippen MR) is 97.1 cm³/mol. The number of ketones is 1. The Balaban J connectivity index is 1.93. The van der Waals surface area contributed by atoms with Crippen LogP contribution in [0.2, 0.25) is 0 Å². The largest absolute Gasteiger partial charge is 0.341 e. The van der Waals surface area contributed by atoms with E-state index >= 15 is 0 Å². The first kappa shape index (κ1) is 16.1. The van der Waals surface area contributed by atoms with Crippen molar-refractivity contribution >= 4 is 11.7 Å². The van der Waals surface area contributed by atoms with E-state index in [4.69, 9.17) is 0 Å². The quantitative estimate of drug-likeness (QED) is 0.786. The van der Waals surface area contributed by atoms with Gasteiger partial charge in [0.2, 0.25) is 5.91 Å². The summed E-state index contributed by atoms with van der Waals surface area (Å²) in [4.78, 5) is 28.1. The molecule has 2 aromatic carbocycles. The Hall–Kier alpha value is -2.42. The molecule has 1 heterocycles. The van der Waals surface area contributed by atoms with E-state index in [-0.39, 0.29) is 17.6 Å². The highest BCUT2D eigenvalue weighted by atomic mass is 16.2. The van der Waals surface area contributed by atoms with Crippen LogP contribution in [0.4, 0.5) is 0 Å². The van der Waals surface area contributed by atoms with Crippen LogP contribution in [0.25, 0.3) is 0 Å². The molecule has 25 heavy (non-hydrogen) atoms. The van der Waals surface area contributed by atoms with Gasteiger partial charge in [0.15, 0.2) is 0 Å². The maximum absolute atomic E-state index is 13.4. The zero-order valence-electron chi connectivity index (χ0n) is 14.7. The van der Waals surface area contributed by atoms with Gasteiger partial charge < -0.3 is 4.90 Å². The van der Waals surface area contributed by atoms with Gasteiger partial charge in [-0.25, -0.2) is 0 Å². The second-order valence-corrected chi connectivity index (χ2v) is 7.21. The number of rotatable bonds is 5. The van der Waals surface area contributed by atoms with Crippen LogP contribution in [0.5, 0.6) is 0 Å². The van der Waals surface area contributed by atoms with Crippen LogP contribution >= 0.6 is 0 Å². The molecule has 1 saturated heterocycles. The molecule has 3 nitrogen and oxygen atoms in total. The number of likely N-dealkylation sites (tertiary alicyclic amines) is 1. The van der Waals surface area contributed by atoms with Gasteiger partial charge in [-0.1, -0.05) is 67.6 Å². The molecule has 0 bridgehead atoms. The van der Waals surface area contributed by atoms with Gasteiger partial charge in [-0.05, 0) is 24.5 Å². The number of nitrogens with zero attached hydrogens (tertiary/aromatic N) is 1. The third kappa shape index (κ3) is 1.81. The number of fused-ring (bicyclic) bond motifs is 1. The summed E-state index contributed by atoms with van der Waals surface area (Å²) in [7, 11) is 0. The van der Waals surface area contributed by atoms with Crippen molar-refractivity contribution in [3.05, 3.63) is 71.8 Å². The second kappa shape index (κ2) is 5.55. The molecule has 1 aliphatic heterocycles. The van der Waals surface area contributed by atoms with Crippen LogP contribution in [0, 0.1) is 11.3 Å². The minimum Gasteiger partial charge on any atom is -0.341 e. The van der Waals surface area contributed by atoms with E-state index in [1.54, 1.807) is 6.92 Å². The Labute approximate surface area is 148 Å².